The minimum atomic E-state index is 0.475. The van der Waals surface area contributed by atoms with Crippen molar-refractivity contribution < 1.29 is 0 Å². The Morgan fingerprint density at radius 2 is 1.23 bits per heavy atom. The van der Waals surface area contributed by atoms with Gasteiger partial charge >= 0.3 is 0 Å². The van der Waals surface area contributed by atoms with Crippen molar-refractivity contribution in [1.82, 2.24) is 4.98 Å². The average Bonchev–Trinajstić information content (AvgIpc) is 3.16. The standard InChI is InChI=1S/C47H41N/c1-6-10-15-39(30-33(5)7-2)35-19-23-38(24-20-35)47-43(9-4)42(8-3)46(37-25-21-36(22-26-37)41-18-14-29-48-32-41)44-28-27-40(31-45(44)47)34-16-12-11-13-17-34/h6,8-33H,1,3-4,7H2,2,5H3/b15-10-,39-30+. The summed E-state index contributed by atoms with van der Waals surface area (Å²) in [4.78, 5) is 4.31. The Kier molecular flexibility index (Phi) is 9.88. The molecule has 0 saturated carbocycles. The molecule has 5 aromatic carbocycles. The number of nitrogens with zero attached hydrogens (tertiary/aromatic N) is 1. The predicted molar refractivity (Wildman–Crippen MR) is 210 cm³/mol. The number of benzene rings is 5. The number of fused-ring (bicyclic) bond motifs is 1. The van der Waals surface area contributed by atoms with Gasteiger partial charge in [-0.15, -0.1) is 0 Å². The van der Waals surface area contributed by atoms with E-state index in [9.17, 15) is 0 Å². The molecule has 0 fully saturated rings. The second-order valence-corrected chi connectivity index (χ2v) is 12.1. The van der Waals surface area contributed by atoms with E-state index in [-0.39, 0.29) is 0 Å². The molecule has 1 unspecified atom stereocenters. The minimum Gasteiger partial charge on any atom is -0.264 e. The molecule has 0 spiro atoms. The van der Waals surface area contributed by atoms with Gasteiger partial charge in [-0.2, -0.15) is 0 Å². The summed E-state index contributed by atoms with van der Waals surface area (Å²) in [7, 11) is 0. The van der Waals surface area contributed by atoms with Crippen LogP contribution >= 0.6 is 0 Å². The molecule has 6 rings (SSSR count). The lowest BCUT2D eigenvalue weighted by molar-refractivity contribution is 0.700. The second kappa shape index (κ2) is 14.8. The number of aromatic nitrogens is 1. The lowest BCUT2D eigenvalue weighted by atomic mass is 9.82. The van der Waals surface area contributed by atoms with Crippen LogP contribution in [0.2, 0.25) is 0 Å². The molecule has 48 heavy (non-hydrogen) atoms. The fourth-order valence-electron chi connectivity index (χ4n) is 6.42. The molecule has 1 heteroatoms. The fraction of sp³-hybridized carbons (Fsp3) is 0.0851. The molecule has 0 N–H and O–H groups in total. The summed E-state index contributed by atoms with van der Waals surface area (Å²) in [5, 5.41) is 2.35. The van der Waals surface area contributed by atoms with Gasteiger partial charge in [-0.3, -0.25) is 4.98 Å². The zero-order valence-electron chi connectivity index (χ0n) is 27.9. The summed E-state index contributed by atoms with van der Waals surface area (Å²) < 4.78 is 0. The third-order valence-electron chi connectivity index (χ3n) is 9.10. The Bertz CT molecular complexity index is 2130. The fourth-order valence-corrected chi connectivity index (χ4v) is 6.42. The van der Waals surface area contributed by atoms with Gasteiger partial charge in [0.2, 0.25) is 0 Å². The number of pyridine rings is 1. The number of hydrogen-bond acceptors (Lipinski definition) is 1. The Balaban J connectivity index is 1.59. The van der Waals surface area contributed by atoms with Crippen molar-refractivity contribution in [2.24, 2.45) is 5.92 Å². The highest BCUT2D eigenvalue weighted by molar-refractivity contribution is 6.12. The molecule has 0 aliphatic heterocycles. The lowest BCUT2D eigenvalue weighted by Crippen LogP contribution is -1.97. The predicted octanol–water partition coefficient (Wildman–Crippen LogP) is 13.4. The molecule has 0 saturated heterocycles. The van der Waals surface area contributed by atoms with Crippen LogP contribution in [0.25, 0.3) is 73.0 Å². The van der Waals surface area contributed by atoms with Crippen molar-refractivity contribution in [2.45, 2.75) is 20.3 Å². The monoisotopic (exact) mass is 619 g/mol. The molecule has 1 aromatic heterocycles. The Morgan fingerprint density at radius 3 is 1.83 bits per heavy atom. The molecule has 0 amide bonds. The van der Waals surface area contributed by atoms with Crippen LogP contribution in [0.3, 0.4) is 0 Å². The van der Waals surface area contributed by atoms with Crippen LogP contribution < -0.4 is 0 Å². The van der Waals surface area contributed by atoms with Crippen molar-refractivity contribution in [1.29, 1.82) is 0 Å². The van der Waals surface area contributed by atoms with E-state index in [2.05, 4.69) is 154 Å². The minimum absolute atomic E-state index is 0.475. The Labute approximate surface area is 285 Å². The first kappa shape index (κ1) is 32.2. The Hall–Kier alpha value is -5.79. The van der Waals surface area contributed by atoms with E-state index < -0.39 is 0 Å². The van der Waals surface area contributed by atoms with Gasteiger partial charge in [0.1, 0.15) is 0 Å². The molecule has 1 heterocycles. The molecule has 1 atom stereocenters. The summed E-state index contributed by atoms with van der Waals surface area (Å²) in [6.07, 6.45) is 17.1. The van der Waals surface area contributed by atoms with Crippen LogP contribution in [0, 0.1) is 5.92 Å². The highest BCUT2D eigenvalue weighted by Crippen LogP contribution is 2.45. The third-order valence-corrected chi connectivity index (χ3v) is 9.10. The maximum Gasteiger partial charge on any atom is 0.0346 e. The van der Waals surface area contributed by atoms with Gasteiger partial charge in [0.05, 0.1) is 0 Å². The summed E-state index contributed by atoms with van der Waals surface area (Å²) in [5.41, 5.74) is 13.7. The lowest BCUT2D eigenvalue weighted by Gasteiger charge is -2.21. The van der Waals surface area contributed by atoms with Crippen LogP contribution in [0.1, 0.15) is 37.0 Å². The smallest absolute Gasteiger partial charge is 0.0346 e. The third kappa shape index (κ3) is 6.54. The zero-order chi connectivity index (χ0) is 33.5. The molecule has 0 aliphatic rings. The van der Waals surface area contributed by atoms with Gasteiger partial charge in [-0.1, -0.05) is 174 Å². The second-order valence-electron chi connectivity index (χ2n) is 12.1. The number of allylic oxidation sites excluding steroid dienone is 5. The number of rotatable bonds is 11. The maximum atomic E-state index is 4.34. The molecule has 0 radical (unpaired) electrons. The van der Waals surface area contributed by atoms with E-state index in [0.29, 0.717) is 5.92 Å². The van der Waals surface area contributed by atoms with Crippen molar-refractivity contribution >= 4 is 28.5 Å². The van der Waals surface area contributed by atoms with Gasteiger partial charge in [0, 0.05) is 12.4 Å². The molecule has 6 aromatic rings. The van der Waals surface area contributed by atoms with E-state index in [1.165, 1.54) is 33.0 Å². The molecular formula is C47H41N. The van der Waals surface area contributed by atoms with Crippen LogP contribution in [0.4, 0.5) is 0 Å². The van der Waals surface area contributed by atoms with E-state index in [4.69, 9.17) is 0 Å². The van der Waals surface area contributed by atoms with Crippen LogP contribution in [0.15, 0.2) is 166 Å². The van der Waals surface area contributed by atoms with Crippen LogP contribution in [0.5, 0.6) is 0 Å². The molecule has 0 bridgehead atoms. The molecular weight excluding hydrogens is 579 g/mol. The zero-order valence-corrected chi connectivity index (χ0v) is 27.9. The average molecular weight is 620 g/mol. The molecule has 0 aliphatic carbocycles. The van der Waals surface area contributed by atoms with Crippen molar-refractivity contribution in [3.05, 3.63) is 182 Å². The van der Waals surface area contributed by atoms with Crippen LogP contribution in [-0.2, 0) is 0 Å². The largest absolute Gasteiger partial charge is 0.264 e. The normalized spacial score (nSPS) is 12.2. The van der Waals surface area contributed by atoms with Gasteiger partial charge in [-0.25, -0.2) is 0 Å². The summed E-state index contributed by atoms with van der Waals surface area (Å²) in [6, 6.07) is 39.2. The van der Waals surface area contributed by atoms with E-state index in [1.807, 2.05) is 36.6 Å². The van der Waals surface area contributed by atoms with E-state index in [0.717, 1.165) is 50.9 Å². The molecule has 234 valence electrons. The summed E-state index contributed by atoms with van der Waals surface area (Å²) in [6.45, 7) is 17.0. The highest BCUT2D eigenvalue weighted by atomic mass is 14.6. The first-order valence-corrected chi connectivity index (χ1v) is 16.6. The first-order chi connectivity index (χ1) is 23.6. The van der Waals surface area contributed by atoms with Gasteiger partial charge in [0.15, 0.2) is 0 Å². The SMILES string of the molecule is C=C/C=C\C(=C/C(C)CC)c1ccc(-c2c(C=C)c(C=C)c(-c3ccc(-c4cccnc4)cc3)c3ccc(-c4ccccc4)cc23)cc1. The van der Waals surface area contributed by atoms with Crippen molar-refractivity contribution in [2.75, 3.05) is 0 Å². The molecule has 1 nitrogen and oxygen atoms in total. The topological polar surface area (TPSA) is 12.9 Å². The quantitative estimate of drug-likeness (QED) is 0.131. The van der Waals surface area contributed by atoms with Crippen molar-refractivity contribution in [3.8, 4) is 44.5 Å². The van der Waals surface area contributed by atoms with E-state index >= 15 is 0 Å². The maximum absolute atomic E-state index is 4.34. The van der Waals surface area contributed by atoms with Crippen molar-refractivity contribution in [3.63, 3.8) is 0 Å². The van der Waals surface area contributed by atoms with Gasteiger partial charge < -0.3 is 0 Å². The van der Waals surface area contributed by atoms with Gasteiger partial charge in [-0.05, 0) is 95.6 Å². The van der Waals surface area contributed by atoms with E-state index in [1.54, 1.807) is 6.20 Å². The van der Waals surface area contributed by atoms with Gasteiger partial charge in [0.25, 0.3) is 0 Å². The highest BCUT2D eigenvalue weighted by Gasteiger charge is 2.20. The number of hydrogen-bond donors (Lipinski definition) is 0. The first-order valence-electron chi connectivity index (χ1n) is 16.6. The summed E-state index contributed by atoms with van der Waals surface area (Å²) in [5.74, 6) is 0.475. The van der Waals surface area contributed by atoms with Crippen LogP contribution in [-0.4, -0.2) is 4.98 Å². The Morgan fingerprint density at radius 1 is 0.646 bits per heavy atom. The summed E-state index contributed by atoms with van der Waals surface area (Å²) >= 11 is 0.